The molecule has 0 aromatic rings. The van der Waals surface area contributed by atoms with E-state index in [4.69, 9.17) is 33.2 Å². The molecule has 0 spiro atoms. The van der Waals surface area contributed by atoms with Gasteiger partial charge in [0.2, 0.25) is 11.2 Å². The fourth-order valence-corrected chi connectivity index (χ4v) is 8.03. The van der Waals surface area contributed by atoms with Gasteiger partial charge in [-0.2, -0.15) is 65.9 Å². The van der Waals surface area contributed by atoms with Gasteiger partial charge >= 0.3 is 67.4 Å². The molecule has 0 saturated heterocycles. The summed E-state index contributed by atoms with van der Waals surface area (Å²) >= 11 is 0. The van der Waals surface area contributed by atoms with Crippen molar-refractivity contribution in [1.29, 1.82) is 0 Å². The van der Waals surface area contributed by atoms with Crippen LogP contribution < -0.4 is 0 Å². The molecule has 2 aliphatic rings. The predicted molar refractivity (Wildman–Crippen MR) is 262 cm³/mol. The standard InChI is InChI=1S/C26H38F6O8.C16H19F9O4.C10H18O5/c1-14(2)18(33)36-17-12-15(23(9,25(27,28)29)39-19(34)37-21(3,4)5)11-16(13-17)24(10,26(30,31)32)40-20(35)38-22(6,7)8;1-7(2)11(26)29-10-5-8(12(3,27)14(17,18)19)4-9(6-10)13(28,15(20,21)22)16(23,24)25;1-9(2,3)14-7(11)13-8(12)15-10(4,5)6/h15-17H,1,11-13H2,2-10H3;8-10,27-28H,1,4-6H2,2-3H3;1-6H3. The lowest BCUT2D eigenvalue weighted by Crippen LogP contribution is -2.64. The molecular formula is C52H75F15O17. The zero-order chi connectivity index (χ0) is 67.2. The quantitative estimate of drug-likeness (QED) is 0.0681. The Hall–Kier alpha value is -5.43. The Morgan fingerprint density at radius 2 is 0.607 bits per heavy atom. The highest BCUT2D eigenvalue weighted by Gasteiger charge is 2.75. The molecule has 2 rings (SSSR count). The Bertz CT molecular complexity index is 2210. The molecular weight excluding hydrogens is 1180 g/mol. The van der Waals surface area contributed by atoms with E-state index >= 15 is 0 Å². The first-order valence-corrected chi connectivity index (χ1v) is 25.3. The molecule has 2 N–H and O–H groups in total. The van der Waals surface area contributed by atoms with E-state index in [2.05, 4.69) is 22.6 Å². The highest BCUT2D eigenvalue weighted by atomic mass is 19.4. The monoisotopic (exact) mass is 1260 g/mol. The maximum Gasteiger partial charge on any atom is 0.519 e. The topological polar surface area (TPSA) is 226 Å². The molecule has 17 nitrogen and oxygen atoms in total. The summed E-state index contributed by atoms with van der Waals surface area (Å²) in [4.78, 5) is 70.5. The van der Waals surface area contributed by atoms with Crippen molar-refractivity contribution < 1.29 is 147 Å². The summed E-state index contributed by atoms with van der Waals surface area (Å²) in [5.74, 6) is -11.1. The van der Waals surface area contributed by atoms with Crippen molar-refractivity contribution in [2.24, 2.45) is 23.7 Å². The fourth-order valence-electron chi connectivity index (χ4n) is 8.03. The lowest BCUT2D eigenvalue weighted by Gasteiger charge is -2.48. The maximum atomic E-state index is 14.5. The average Bonchev–Trinajstić information content (AvgIpc) is 3.21. The molecule has 2 aliphatic carbocycles. The molecule has 0 radical (unpaired) electrons. The first-order chi connectivity index (χ1) is 36.8. The maximum absolute atomic E-state index is 14.5. The van der Waals surface area contributed by atoms with Crippen LogP contribution in [0.4, 0.5) is 85.0 Å². The van der Waals surface area contributed by atoms with Crippen LogP contribution in [0.25, 0.3) is 0 Å². The third-order valence-corrected chi connectivity index (χ3v) is 12.4. The van der Waals surface area contributed by atoms with Crippen molar-refractivity contribution in [3.05, 3.63) is 24.3 Å². The number of esters is 2. The number of hydrogen-bond acceptors (Lipinski definition) is 17. The van der Waals surface area contributed by atoms with E-state index in [1.54, 1.807) is 41.5 Å². The molecule has 2 fully saturated rings. The normalized spacial score (nSPS) is 22.5. The van der Waals surface area contributed by atoms with Gasteiger partial charge in [-0.05, 0) is 156 Å². The number of hydrogen-bond donors (Lipinski definition) is 2. The Balaban J connectivity index is 0.00000136. The predicted octanol–water partition coefficient (Wildman–Crippen LogP) is 14.4. The molecule has 32 heteroatoms. The number of ether oxygens (including phenoxy) is 9. The van der Waals surface area contributed by atoms with Gasteiger partial charge < -0.3 is 52.8 Å². The van der Waals surface area contributed by atoms with Gasteiger partial charge in [0, 0.05) is 34.8 Å². The molecule has 0 bridgehead atoms. The molecule has 0 amide bonds. The van der Waals surface area contributed by atoms with Crippen molar-refractivity contribution >= 4 is 36.6 Å². The second-order valence-corrected chi connectivity index (χ2v) is 24.6. The molecule has 0 aromatic carbocycles. The summed E-state index contributed by atoms with van der Waals surface area (Å²) in [6.07, 6.45) is -43.2. The summed E-state index contributed by atoms with van der Waals surface area (Å²) in [7, 11) is 0. The number of carbonyl (C=O) groups excluding carboxylic acids is 6. The van der Waals surface area contributed by atoms with E-state index in [-0.39, 0.29) is 18.1 Å². The largest absolute Gasteiger partial charge is 0.519 e. The Labute approximate surface area is 475 Å². The van der Waals surface area contributed by atoms with Crippen LogP contribution in [0.15, 0.2) is 24.3 Å². The van der Waals surface area contributed by atoms with Crippen molar-refractivity contribution in [3.8, 4) is 0 Å². The molecule has 0 aromatic heterocycles. The van der Waals surface area contributed by atoms with Crippen LogP contribution >= 0.6 is 0 Å². The van der Waals surface area contributed by atoms with Crippen molar-refractivity contribution in [2.75, 3.05) is 0 Å². The van der Waals surface area contributed by atoms with Crippen LogP contribution in [-0.2, 0) is 52.2 Å². The second kappa shape index (κ2) is 27.1. The minimum absolute atomic E-state index is 0.147. The van der Waals surface area contributed by atoms with Gasteiger partial charge in [0.25, 0.3) is 5.60 Å². The molecule has 84 heavy (non-hydrogen) atoms. The SMILES string of the molecule is C=C(C)C(=O)OC1CC(C(C)(O)C(F)(F)F)CC(C(O)(C(F)(F)F)C(F)(F)F)C1.C=C(C)C(=O)OC1CC(C(C)(OC(=O)OC(C)(C)C)C(F)(F)F)CC(C(C)(OC(=O)OC(C)(C)C)C(F)(F)F)C1.CC(C)(C)OC(=O)OC(=O)OC(C)(C)C. The van der Waals surface area contributed by atoms with Crippen molar-refractivity contribution in [3.63, 3.8) is 0 Å². The number of halogens is 15. The zero-order valence-electron chi connectivity index (χ0n) is 49.3. The van der Waals surface area contributed by atoms with E-state index in [9.17, 15) is 105 Å². The van der Waals surface area contributed by atoms with Gasteiger partial charge in [-0.15, -0.1) is 0 Å². The minimum atomic E-state index is -6.29. The minimum Gasteiger partial charge on any atom is -0.459 e. The lowest BCUT2D eigenvalue weighted by atomic mass is 9.66. The van der Waals surface area contributed by atoms with Crippen LogP contribution in [0.1, 0.15) is 156 Å². The van der Waals surface area contributed by atoms with Crippen LogP contribution in [0, 0.1) is 23.7 Å². The zero-order valence-corrected chi connectivity index (χ0v) is 49.3. The Morgan fingerprint density at radius 1 is 0.357 bits per heavy atom. The molecule has 2 saturated carbocycles. The van der Waals surface area contributed by atoms with Gasteiger partial charge in [-0.25, -0.2) is 28.8 Å². The smallest absolute Gasteiger partial charge is 0.459 e. The molecule has 8 atom stereocenters. The van der Waals surface area contributed by atoms with Gasteiger partial charge in [0.05, 0.1) is 0 Å². The van der Waals surface area contributed by atoms with E-state index in [0.717, 1.165) is 6.92 Å². The van der Waals surface area contributed by atoms with Gasteiger partial charge in [0.15, 0.2) is 5.60 Å². The summed E-state index contributed by atoms with van der Waals surface area (Å²) in [5.41, 5.74) is -20.1. The average molecular weight is 1260 g/mol. The van der Waals surface area contributed by atoms with Gasteiger partial charge in [0.1, 0.15) is 34.6 Å². The number of aliphatic hydroxyl groups is 2. The summed E-state index contributed by atoms with van der Waals surface area (Å²) < 4.78 is 248. The summed E-state index contributed by atoms with van der Waals surface area (Å²) in [6, 6.07) is 0. The van der Waals surface area contributed by atoms with E-state index in [0.29, 0.717) is 13.8 Å². The molecule has 8 unspecified atom stereocenters. The second-order valence-electron chi connectivity index (χ2n) is 24.6. The van der Waals surface area contributed by atoms with Gasteiger partial charge in [-0.3, -0.25) is 0 Å². The van der Waals surface area contributed by atoms with Gasteiger partial charge in [-0.1, -0.05) is 13.2 Å². The van der Waals surface area contributed by atoms with Crippen molar-refractivity contribution in [1.82, 2.24) is 0 Å². The third kappa shape index (κ3) is 23.1. The molecule has 0 aliphatic heterocycles. The first-order valence-electron chi connectivity index (χ1n) is 25.3. The third-order valence-electron chi connectivity index (χ3n) is 12.4. The Kier molecular flexibility index (Phi) is 25.3. The fraction of sp³-hybridized carbons (Fsp3) is 0.808. The van der Waals surface area contributed by atoms with Crippen LogP contribution in [-0.4, -0.2) is 135 Å². The van der Waals surface area contributed by atoms with E-state index in [1.807, 2.05) is 0 Å². The van der Waals surface area contributed by atoms with E-state index in [1.165, 1.54) is 48.5 Å². The highest BCUT2D eigenvalue weighted by Crippen LogP contribution is 2.56. The van der Waals surface area contributed by atoms with Crippen LogP contribution in [0.5, 0.6) is 0 Å². The lowest BCUT2D eigenvalue weighted by molar-refractivity contribution is -0.391. The van der Waals surface area contributed by atoms with Crippen LogP contribution in [0.2, 0.25) is 0 Å². The summed E-state index contributed by atoms with van der Waals surface area (Å²) in [6.45, 7) is 28.4. The first kappa shape index (κ1) is 78.6. The number of rotatable bonds is 10. The number of carbonyl (C=O) groups is 6. The molecule has 0 heterocycles. The highest BCUT2D eigenvalue weighted by molar-refractivity contribution is 5.87. The van der Waals surface area contributed by atoms with Crippen molar-refractivity contribution in [2.45, 2.75) is 244 Å². The van der Waals surface area contributed by atoms with Crippen LogP contribution in [0.3, 0.4) is 0 Å². The number of alkyl halides is 15. The molecule has 490 valence electrons. The van der Waals surface area contributed by atoms with E-state index < -0.39 is 187 Å². The summed E-state index contributed by atoms with van der Waals surface area (Å²) in [5, 5.41) is 19.4. The Morgan fingerprint density at radius 3 is 0.845 bits per heavy atom.